The fraction of sp³-hybridized carbons (Fsp3) is 0.467. The Labute approximate surface area is 211 Å². The van der Waals surface area contributed by atoms with Crippen LogP contribution in [-0.4, -0.2) is 13.2 Å². The van der Waals surface area contributed by atoms with Gasteiger partial charge in [-0.25, -0.2) is 8.78 Å². The second-order valence-electron chi connectivity index (χ2n) is 9.64. The number of rotatable bonds is 9. The lowest BCUT2D eigenvalue weighted by molar-refractivity contribution is 0.287. The van der Waals surface area contributed by atoms with Crippen LogP contribution in [0.1, 0.15) is 76.3 Å². The van der Waals surface area contributed by atoms with Crippen LogP contribution in [0.15, 0.2) is 36.4 Å². The number of benzene rings is 2. The smallest absolute Gasteiger partial charge is 0.201 e. The van der Waals surface area contributed by atoms with Crippen molar-refractivity contribution in [3.05, 3.63) is 70.8 Å². The van der Waals surface area contributed by atoms with E-state index in [0.29, 0.717) is 42.4 Å². The molecule has 36 heavy (non-hydrogen) atoms. The molecule has 2 atom stereocenters. The molecule has 0 fully saturated rings. The third-order valence-electron chi connectivity index (χ3n) is 7.41. The summed E-state index contributed by atoms with van der Waals surface area (Å²) in [5.74, 6) is -2.80. The summed E-state index contributed by atoms with van der Waals surface area (Å²) in [5.41, 5.74) is 2.28. The predicted molar refractivity (Wildman–Crippen MR) is 135 cm³/mol. The van der Waals surface area contributed by atoms with Gasteiger partial charge in [-0.2, -0.15) is 8.78 Å². The predicted octanol–water partition coefficient (Wildman–Crippen LogP) is 8.89. The maximum atomic E-state index is 14.8. The van der Waals surface area contributed by atoms with Gasteiger partial charge in [0.2, 0.25) is 11.6 Å². The van der Waals surface area contributed by atoms with Gasteiger partial charge in [-0.1, -0.05) is 25.5 Å². The zero-order valence-corrected chi connectivity index (χ0v) is 21.0. The van der Waals surface area contributed by atoms with Gasteiger partial charge in [0.1, 0.15) is 0 Å². The number of ether oxygens (including phenoxy) is 2. The van der Waals surface area contributed by atoms with Gasteiger partial charge in [0.05, 0.1) is 13.2 Å². The average Bonchev–Trinajstić information content (AvgIpc) is 2.90. The highest BCUT2D eigenvalue weighted by atomic mass is 19.2. The molecule has 0 saturated heterocycles. The van der Waals surface area contributed by atoms with Gasteiger partial charge in [-0.05, 0) is 99.1 Å². The fourth-order valence-corrected chi connectivity index (χ4v) is 5.32. The fourth-order valence-electron chi connectivity index (χ4n) is 5.32. The van der Waals surface area contributed by atoms with E-state index in [4.69, 9.17) is 9.47 Å². The minimum atomic E-state index is -0.938. The van der Waals surface area contributed by atoms with Crippen molar-refractivity contribution in [2.45, 2.75) is 65.2 Å². The average molecular weight is 503 g/mol. The molecule has 0 radical (unpaired) electrons. The topological polar surface area (TPSA) is 18.5 Å². The Morgan fingerprint density at radius 3 is 1.61 bits per heavy atom. The second kappa shape index (κ2) is 12.0. The van der Waals surface area contributed by atoms with Crippen molar-refractivity contribution in [2.24, 2.45) is 11.8 Å². The summed E-state index contributed by atoms with van der Waals surface area (Å²) in [6, 6.07) is 6.22. The van der Waals surface area contributed by atoms with E-state index in [9.17, 15) is 17.6 Å². The van der Waals surface area contributed by atoms with Crippen molar-refractivity contribution in [1.29, 1.82) is 0 Å². The number of allylic oxidation sites excluding steroid dienone is 4. The molecule has 2 aliphatic carbocycles. The molecular formula is C30H34F4O2. The Bertz CT molecular complexity index is 1140. The summed E-state index contributed by atoms with van der Waals surface area (Å²) >= 11 is 0. The SMILES string of the molecule is CCCCOc1ccc(C2=CCC(C3CC=C(c4ccc(OCC)c(F)c4F)CC3)CC2)c(F)c1F. The summed E-state index contributed by atoms with van der Waals surface area (Å²) in [6.45, 7) is 4.39. The van der Waals surface area contributed by atoms with Crippen molar-refractivity contribution in [1.82, 2.24) is 0 Å². The van der Waals surface area contributed by atoms with E-state index in [2.05, 4.69) is 0 Å². The van der Waals surface area contributed by atoms with Crippen molar-refractivity contribution in [2.75, 3.05) is 13.2 Å². The summed E-state index contributed by atoms with van der Waals surface area (Å²) < 4.78 is 68.7. The Kier molecular flexibility index (Phi) is 8.76. The maximum absolute atomic E-state index is 14.8. The molecule has 0 bridgehead atoms. The van der Waals surface area contributed by atoms with Gasteiger partial charge >= 0.3 is 0 Å². The van der Waals surface area contributed by atoms with E-state index in [1.807, 2.05) is 19.1 Å². The van der Waals surface area contributed by atoms with Crippen LogP contribution in [0.25, 0.3) is 11.1 Å². The Morgan fingerprint density at radius 1 is 0.694 bits per heavy atom. The van der Waals surface area contributed by atoms with Crippen LogP contribution >= 0.6 is 0 Å². The van der Waals surface area contributed by atoms with Crippen LogP contribution in [-0.2, 0) is 0 Å². The zero-order chi connectivity index (χ0) is 25.7. The van der Waals surface area contributed by atoms with Crippen LogP contribution in [0.4, 0.5) is 17.6 Å². The van der Waals surface area contributed by atoms with E-state index in [0.717, 1.165) is 49.7 Å². The summed E-state index contributed by atoms with van der Waals surface area (Å²) in [7, 11) is 0. The third-order valence-corrected chi connectivity index (χ3v) is 7.41. The van der Waals surface area contributed by atoms with Crippen molar-refractivity contribution in [3.63, 3.8) is 0 Å². The van der Waals surface area contributed by atoms with Gasteiger partial charge in [0, 0.05) is 11.1 Å². The van der Waals surface area contributed by atoms with E-state index in [1.165, 1.54) is 12.1 Å². The van der Waals surface area contributed by atoms with E-state index < -0.39 is 23.3 Å². The van der Waals surface area contributed by atoms with Gasteiger partial charge < -0.3 is 9.47 Å². The summed E-state index contributed by atoms with van der Waals surface area (Å²) in [4.78, 5) is 0. The second-order valence-corrected chi connectivity index (χ2v) is 9.64. The normalized spacial score (nSPS) is 20.1. The molecular weight excluding hydrogens is 468 g/mol. The highest BCUT2D eigenvalue weighted by molar-refractivity contribution is 5.68. The number of unbranched alkanes of at least 4 members (excludes halogenated alkanes) is 1. The van der Waals surface area contributed by atoms with Gasteiger partial charge in [-0.15, -0.1) is 0 Å². The van der Waals surface area contributed by atoms with Gasteiger partial charge in [-0.3, -0.25) is 0 Å². The quantitative estimate of drug-likeness (QED) is 0.252. The first-order chi connectivity index (χ1) is 17.4. The molecule has 0 spiro atoms. The minimum Gasteiger partial charge on any atom is -0.491 e. The molecule has 0 aliphatic heterocycles. The standard InChI is InChI=1S/C30H34F4O2/c1-3-5-18-36-26-17-15-24(28(32)30(26)34)22-12-8-20(9-13-22)19-6-10-21(11-7-19)23-14-16-25(35-4-2)29(33)27(23)31/h10,12,14-17,19-20H,3-9,11,13,18H2,1-2H3. The third kappa shape index (κ3) is 5.63. The lowest BCUT2D eigenvalue weighted by Gasteiger charge is -2.32. The van der Waals surface area contributed by atoms with Crippen LogP contribution in [0.2, 0.25) is 0 Å². The molecule has 2 aromatic carbocycles. The summed E-state index contributed by atoms with van der Waals surface area (Å²) in [6.07, 6.45) is 10.5. The van der Waals surface area contributed by atoms with E-state index in [1.54, 1.807) is 19.1 Å². The molecule has 0 aromatic heterocycles. The number of hydrogen-bond acceptors (Lipinski definition) is 2. The number of hydrogen-bond donors (Lipinski definition) is 0. The first-order valence-electron chi connectivity index (χ1n) is 13.0. The van der Waals surface area contributed by atoms with Crippen molar-refractivity contribution < 1.29 is 27.0 Å². The van der Waals surface area contributed by atoms with Gasteiger partial charge in [0.15, 0.2) is 23.1 Å². The van der Waals surface area contributed by atoms with E-state index in [-0.39, 0.29) is 18.1 Å². The lowest BCUT2D eigenvalue weighted by Crippen LogP contribution is -2.19. The summed E-state index contributed by atoms with van der Waals surface area (Å²) in [5, 5.41) is 0. The molecule has 2 unspecified atom stereocenters. The molecule has 2 aliphatic rings. The molecule has 0 N–H and O–H groups in total. The minimum absolute atomic E-state index is 0.0346. The molecule has 194 valence electrons. The molecule has 4 rings (SSSR count). The first kappa shape index (κ1) is 26.3. The van der Waals surface area contributed by atoms with Crippen LogP contribution in [0.3, 0.4) is 0 Å². The monoisotopic (exact) mass is 502 g/mol. The largest absolute Gasteiger partial charge is 0.491 e. The van der Waals surface area contributed by atoms with Gasteiger partial charge in [0.25, 0.3) is 0 Å². The zero-order valence-electron chi connectivity index (χ0n) is 21.0. The molecule has 6 heteroatoms. The highest BCUT2D eigenvalue weighted by Gasteiger charge is 2.28. The van der Waals surface area contributed by atoms with Crippen molar-refractivity contribution in [3.8, 4) is 11.5 Å². The van der Waals surface area contributed by atoms with Crippen LogP contribution in [0.5, 0.6) is 11.5 Å². The maximum Gasteiger partial charge on any atom is 0.201 e. The molecule has 0 saturated carbocycles. The van der Waals surface area contributed by atoms with Crippen molar-refractivity contribution >= 4 is 11.1 Å². The molecule has 2 nitrogen and oxygen atoms in total. The molecule has 0 amide bonds. The van der Waals surface area contributed by atoms with Crippen LogP contribution < -0.4 is 9.47 Å². The Hall–Kier alpha value is -2.76. The van der Waals surface area contributed by atoms with E-state index >= 15 is 0 Å². The highest BCUT2D eigenvalue weighted by Crippen LogP contribution is 2.42. The molecule has 0 heterocycles. The van der Waals surface area contributed by atoms with Crippen LogP contribution in [0, 0.1) is 35.1 Å². The number of halogens is 4. The Balaban J connectivity index is 1.39. The Morgan fingerprint density at radius 2 is 1.19 bits per heavy atom. The first-order valence-corrected chi connectivity index (χ1v) is 13.0. The lowest BCUT2D eigenvalue weighted by atomic mass is 9.73. The molecule has 2 aromatic rings.